The molecular formula is C15H20N6O3S2. The van der Waals surface area contributed by atoms with Crippen molar-refractivity contribution >= 4 is 44.0 Å². The number of piperidine rings is 1. The summed E-state index contributed by atoms with van der Waals surface area (Å²) in [5.41, 5.74) is 0.272. The Balaban J connectivity index is 1.68. The van der Waals surface area contributed by atoms with Crippen LogP contribution in [0.4, 0.5) is 16.8 Å². The summed E-state index contributed by atoms with van der Waals surface area (Å²) in [7, 11) is -3.81. The van der Waals surface area contributed by atoms with Crippen LogP contribution in [0.1, 0.15) is 26.7 Å². The SMILES string of the molecule is CC(=O)Nc1ncc(S(=O)(=O)Nc2cnc(N3CCC(C)CC3)nc2)s1. The Kier molecular flexibility index (Phi) is 5.37. The molecule has 3 heterocycles. The number of thiazole rings is 1. The highest BCUT2D eigenvalue weighted by atomic mass is 32.2. The van der Waals surface area contributed by atoms with Crippen LogP contribution in [0.15, 0.2) is 22.8 Å². The highest BCUT2D eigenvalue weighted by Crippen LogP contribution is 2.25. The quantitative estimate of drug-likeness (QED) is 0.793. The Morgan fingerprint density at radius 2 is 1.85 bits per heavy atom. The molecule has 0 saturated carbocycles. The first kappa shape index (κ1) is 18.5. The van der Waals surface area contributed by atoms with Crippen molar-refractivity contribution in [3.63, 3.8) is 0 Å². The van der Waals surface area contributed by atoms with Crippen LogP contribution in [0.25, 0.3) is 0 Å². The first-order valence-electron chi connectivity index (χ1n) is 8.17. The van der Waals surface area contributed by atoms with Gasteiger partial charge in [0.25, 0.3) is 10.0 Å². The predicted molar refractivity (Wildman–Crippen MR) is 99.9 cm³/mol. The van der Waals surface area contributed by atoms with Crippen LogP contribution in [0, 0.1) is 5.92 Å². The molecule has 0 spiro atoms. The van der Waals surface area contributed by atoms with Crippen molar-refractivity contribution in [2.75, 3.05) is 28.0 Å². The summed E-state index contributed by atoms with van der Waals surface area (Å²) >= 11 is 0.871. The first-order valence-corrected chi connectivity index (χ1v) is 10.5. The van der Waals surface area contributed by atoms with E-state index < -0.39 is 10.0 Å². The zero-order chi connectivity index (χ0) is 18.7. The Hall–Kier alpha value is -2.27. The summed E-state index contributed by atoms with van der Waals surface area (Å²) in [6.07, 6.45) is 6.29. The van der Waals surface area contributed by atoms with E-state index in [2.05, 4.69) is 36.8 Å². The van der Waals surface area contributed by atoms with E-state index in [9.17, 15) is 13.2 Å². The number of carbonyl (C=O) groups excluding carboxylic acids is 1. The molecule has 1 amide bonds. The highest BCUT2D eigenvalue weighted by molar-refractivity contribution is 7.94. The average Bonchev–Trinajstić information content (AvgIpc) is 3.05. The van der Waals surface area contributed by atoms with Gasteiger partial charge in [0.15, 0.2) is 9.34 Å². The maximum absolute atomic E-state index is 12.4. The Morgan fingerprint density at radius 3 is 2.46 bits per heavy atom. The average molecular weight is 396 g/mol. The van der Waals surface area contributed by atoms with Crippen molar-refractivity contribution in [2.45, 2.75) is 30.9 Å². The fraction of sp³-hybridized carbons (Fsp3) is 0.467. The van der Waals surface area contributed by atoms with Gasteiger partial charge in [-0.3, -0.25) is 9.52 Å². The van der Waals surface area contributed by atoms with Crippen molar-refractivity contribution in [3.8, 4) is 0 Å². The third-order valence-electron chi connectivity index (χ3n) is 3.99. The predicted octanol–water partition coefficient (Wildman–Crippen LogP) is 1.93. The van der Waals surface area contributed by atoms with E-state index in [-0.39, 0.29) is 20.9 Å². The van der Waals surface area contributed by atoms with Crippen LogP contribution in [0.5, 0.6) is 0 Å². The van der Waals surface area contributed by atoms with E-state index in [0.717, 1.165) is 37.3 Å². The normalized spacial score (nSPS) is 15.7. The monoisotopic (exact) mass is 396 g/mol. The molecule has 1 aliphatic rings. The Bertz CT molecular complexity index is 873. The van der Waals surface area contributed by atoms with Gasteiger partial charge < -0.3 is 10.2 Å². The number of nitrogens with zero attached hydrogens (tertiary/aromatic N) is 4. The third-order valence-corrected chi connectivity index (χ3v) is 6.74. The minimum absolute atomic E-state index is 0.00431. The van der Waals surface area contributed by atoms with Crippen LogP contribution in [0.2, 0.25) is 0 Å². The van der Waals surface area contributed by atoms with Gasteiger partial charge in [-0.05, 0) is 18.8 Å². The molecule has 1 saturated heterocycles. The van der Waals surface area contributed by atoms with Gasteiger partial charge in [-0.25, -0.2) is 23.4 Å². The fourth-order valence-corrected chi connectivity index (χ4v) is 4.65. The van der Waals surface area contributed by atoms with Gasteiger partial charge >= 0.3 is 0 Å². The molecule has 0 aromatic carbocycles. The van der Waals surface area contributed by atoms with Gasteiger partial charge in [0, 0.05) is 20.0 Å². The van der Waals surface area contributed by atoms with Gasteiger partial charge in [-0.2, -0.15) is 0 Å². The molecule has 3 rings (SSSR count). The maximum Gasteiger partial charge on any atom is 0.273 e. The lowest BCUT2D eigenvalue weighted by Gasteiger charge is -2.30. The molecule has 0 bridgehead atoms. The summed E-state index contributed by atoms with van der Waals surface area (Å²) in [6, 6.07) is 0. The topological polar surface area (TPSA) is 117 Å². The lowest BCUT2D eigenvalue weighted by Crippen LogP contribution is -2.34. The standard InChI is InChI=1S/C15H20N6O3S2/c1-10-3-5-21(6-4-10)14-16-7-12(8-17-14)20-26(23,24)13-9-18-15(25-13)19-11(2)22/h7-10,20H,3-6H2,1-2H3,(H,18,19,22). The molecule has 1 fully saturated rings. The molecule has 1 aliphatic heterocycles. The Morgan fingerprint density at radius 1 is 1.19 bits per heavy atom. The number of carbonyl (C=O) groups is 1. The summed E-state index contributed by atoms with van der Waals surface area (Å²) in [4.78, 5) is 25.5. The third kappa shape index (κ3) is 4.47. The van der Waals surface area contributed by atoms with Crippen LogP contribution < -0.4 is 14.9 Å². The second kappa shape index (κ2) is 7.54. The lowest BCUT2D eigenvalue weighted by molar-refractivity contribution is -0.114. The molecule has 2 N–H and O–H groups in total. The number of hydrogen-bond acceptors (Lipinski definition) is 8. The number of nitrogens with one attached hydrogen (secondary N) is 2. The van der Waals surface area contributed by atoms with E-state index in [1.165, 1.54) is 25.5 Å². The van der Waals surface area contributed by atoms with Gasteiger partial charge in [0.2, 0.25) is 11.9 Å². The van der Waals surface area contributed by atoms with Gasteiger partial charge in [-0.15, -0.1) is 0 Å². The summed E-state index contributed by atoms with van der Waals surface area (Å²) < 4.78 is 27.2. The smallest absolute Gasteiger partial charge is 0.273 e. The summed E-state index contributed by atoms with van der Waals surface area (Å²) in [5.74, 6) is 0.997. The summed E-state index contributed by atoms with van der Waals surface area (Å²) in [5, 5.41) is 2.68. The lowest BCUT2D eigenvalue weighted by atomic mass is 10.00. The van der Waals surface area contributed by atoms with Crippen molar-refractivity contribution in [2.24, 2.45) is 5.92 Å². The van der Waals surface area contributed by atoms with E-state index in [1.54, 1.807) is 0 Å². The number of amides is 1. The van der Waals surface area contributed by atoms with Crippen molar-refractivity contribution in [1.82, 2.24) is 15.0 Å². The van der Waals surface area contributed by atoms with E-state index in [0.29, 0.717) is 11.9 Å². The van der Waals surface area contributed by atoms with E-state index in [4.69, 9.17) is 0 Å². The van der Waals surface area contributed by atoms with Crippen molar-refractivity contribution in [3.05, 3.63) is 18.6 Å². The molecule has 26 heavy (non-hydrogen) atoms. The highest BCUT2D eigenvalue weighted by Gasteiger charge is 2.20. The van der Waals surface area contributed by atoms with Crippen molar-refractivity contribution in [1.29, 1.82) is 0 Å². The van der Waals surface area contributed by atoms with Gasteiger partial charge in [-0.1, -0.05) is 18.3 Å². The minimum Gasteiger partial charge on any atom is -0.341 e. The minimum atomic E-state index is -3.81. The molecular weight excluding hydrogens is 376 g/mol. The van der Waals surface area contributed by atoms with Crippen LogP contribution in [-0.4, -0.2) is 42.4 Å². The largest absolute Gasteiger partial charge is 0.341 e. The van der Waals surface area contributed by atoms with E-state index >= 15 is 0 Å². The second-order valence-corrected chi connectivity index (χ2v) is 9.15. The maximum atomic E-state index is 12.4. The van der Waals surface area contributed by atoms with Crippen LogP contribution >= 0.6 is 11.3 Å². The number of aromatic nitrogens is 3. The molecule has 9 nitrogen and oxygen atoms in total. The number of hydrogen-bond donors (Lipinski definition) is 2. The molecule has 11 heteroatoms. The Labute approximate surface area is 155 Å². The first-order chi connectivity index (χ1) is 12.3. The molecule has 0 unspecified atom stereocenters. The molecule has 2 aromatic rings. The zero-order valence-corrected chi connectivity index (χ0v) is 16.1. The number of anilines is 3. The summed E-state index contributed by atoms with van der Waals surface area (Å²) in [6.45, 7) is 5.36. The van der Waals surface area contributed by atoms with E-state index in [1.807, 2.05) is 0 Å². The van der Waals surface area contributed by atoms with Crippen LogP contribution in [-0.2, 0) is 14.8 Å². The molecule has 140 valence electrons. The fourth-order valence-electron chi connectivity index (χ4n) is 2.54. The molecule has 0 aliphatic carbocycles. The second-order valence-electron chi connectivity index (χ2n) is 6.21. The zero-order valence-electron chi connectivity index (χ0n) is 14.5. The molecule has 2 aromatic heterocycles. The number of sulfonamides is 1. The van der Waals surface area contributed by atoms with Gasteiger partial charge in [0.1, 0.15) is 0 Å². The van der Waals surface area contributed by atoms with Crippen LogP contribution in [0.3, 0.4) is 0 Å². The molecule has 0 atom stereocenters. The number of rotatable bonds is 5. The molecule has 0 radical (unpaired) electrons. The van der Waals surface area contributed by atoms with Crippen molar-refractivity contribution < 1.29 is 13.2 Å². The van der Waals surface area contributed by atoms with Gasteiger partial charge in [0.05, 0.1) is 24.3 Å².